The second-order valence-corrected chi connectivity index (χ2v) is 7.87. The first kappa shape index (κ1) is 15.1. The van der Waals surface area contributed by atoms with Crippen LogP contribution in [0.15, 0.2) is 34.9 Å². The number of thiophene rings is 1. The Morgan fingerprint density at radius 3 is 2.71 bits per heavy atom. The maximum Gasteiger partial charge on any atom is 0.126 e. The van der Waals surface area contributed by atoms with Crippen molar-refractivity contribution in [2.45, 2.75) is 38.6 Å². The second kappa shape index (κ2) is 6.99. The number of hydrogen-bond donors (Lipinski definition) is 1. The van der Waals surface area contributed by atoms with Gasteiger partial charge in [-0.1, -0.05) is 31.4 Å². The second-order valence-electron chi connectivity index (χ2n) is 6.12. The minimum atomic E-state index is 0.122. The van der Waals surface area contributed by atoms with E-state index < -0.39 is 0 Å². The lowest BCUT2D eigenvalue weighted by atomic mass is 9.83. The van der Waals surface area contributed by atoms with Gasteiger partial charge in [-0.05, 0) is 55.5 Å². The molecule has 114 valence electrons. The molecule has 1 fully saturated rings. The fraction of sp³-hybridized carbons (Fsp3) is 0.529. The fourth-order valence-electron chi connectivity index (χ4n) is 3.10. The Morgan fingerprint density at radius 2 is 2.10 bits per heavy atom. The Labute approximate surface area is 135 Å². The molecule has 0 saturated heterocycles. The van der Waals surface area contributed by atoms with E-state index >= 15 is 0 Å². The first-order chi connectivity index (χ1) is 10.2. The molecule has 1 aliphatic rings. The normalized spacial score (nSPS) is 24.1. The highest BCUT2D eigenvalue weighted by atomic mass is 35.5. The zero-order valence-electron chi connectivity index (χ0n) is 12.3. The first-order valence-electron chi connectivity index (χ1n) is 7.74. The van der Waals surface area contributed by atoms with E-state index in [9.17, 15) is 0 Å². The number of nitrogens with one attached hydrogen (secondary N) is 1. The quantitative estimate of drug-likeness (QED) is 0.786. The number of furan rings is 1. The molecule has 1 atom stereocenters. The zero-order chi connectivity index (χ0) is 14.7. The van der Waals surface area contributed by atoms with Crippen molar-refractivity contribution in [1.82, 2.24) is 5.32 Å². The van der Waals surface area contributed by atoms with Crippen molar-refractivity contribution in [2.24, 2.45) is 11.8 Å². The third-order valence-electron chi connectivity index (χ3n) is 4.45. The van der Waals surface area contributed by atoms with E-state index in [2.05, 4.69) is 18.3 Å². The van der Waals surface area contributed by atoms with E-state index in [-0.39, 0.29) is 6.04 Å². The predicted octanol–water partition coefficient (Wildman–Crippen LogP) is 5.50. The summed E-state index contributed by atoms with van der Waals surface area (Å²) in [4.78, 5) is 1.22. The van der Waals surface area contributed by atoms with Crippen molar-refractivity contribution in [3.8, 4) is 0 Å². The van der Waals surface area contributed by atoms with E-state index in [1.807, 2.05) is 18.2 Å². The highest BCUT2D eigenvalue weighted by Crippen LogP contribution is 2.33. The van der Waals surface area contributed by atoms with Crippen LogP contribution in [0.2, 0.25) is 4.34 Å². The van der Waals surface area contributed by atoms with Crippen LogP contribution in [0.5, 0.6) is 0 Å². The van der Waals surface area contributed by atoms with Crippen LogP contribution in [-0.2, 0) is 0 Å². The summed E-state index contributed by atoms with van der Waals surface area (Å²) in [6.07, 6.45) is 7.14. The molecule has 4 heteroatoms. The summed E-state index contributed by atoms with van der Waals surface area (Å²) in [7, 11) is 0. The molecular formula is C17H22ClNOS. The maximum absolute atomic E-state index is 6.09. The highest BCUT2D eigenvalue weighted by molar-refractivity contribution is 7.16. The first-order valence-corrected chi connectivity index (χ1v) is 8.94. The Hall–Kier alpha value is -0.770. The summed E-state index contributed by atoms with van der Waals surface area (Å²) < 4.78 is 6.45. The van der Waals surface area contributed by atoms with Gasteiger partial charge in [0.05, 0.1) is 10.6 Å². The highest BCUT2D eigenvalue weighted by Gasteiger charge is 2.22. The molecule has 3 rings (SSSR count). The van der Waals surface area contributed by atoms with Gasteiger partial charge < -0.3 is 9.73 Å². The molecule has 0 bridgehead atoms. The lowest BCUT2D eigenvalue weighted by molar-refractivity contribution is 0.274. The van der Waals surface area contributed by atoms with Crippen molar-refractivity contribution in [3.05, 3.63) is 45.5 Å². The molecule has 2 heterocycles. The zero-order valence-corrected chi connectivity index (χ0v) is 13.9. The van der Waals surface area contributed by atoms with Gasteiger partial charge in [-0.2, -0.15) is 0 Å². The topological polar surface area (TPSA) is 25.2 Å². The fourth-order valence-corrected chi connectivity index (χ4v) is 4.24. The van der Waals surface area contributed by atoms with Gasteiger partial charge in [-0.25, -0.2) is 0 Å². The average molecular weight is 324 g/mol. The molecule has 0 spiro atoms. The van der Waals surface area contributed by atoms with E-state index in [0.29, 0.717) is 0 Å². The minimum absolute atomic E-state index is 0.122. The summed E-state index contributed by atoms with van der Waals surface area (Å²) in [6, 6.07) is 8.16. The molecule has 0 amide bonds. The van der Waals surface area contributed by atoms with Gasteiger partial charge in [0.25, 0.3) is 0 Å². The average Bonchev–Trinajstić information content (AvgIpc) is 3.13. The number of halogens is 1. The number of rotatable bonds is 5. The van der Waals surface area contributed by atoms with Crippen LogP contribution in [0, 0.1) is 11.8 Å². The molecule has 1 aliphatic carbocycles. The Balaban J connectivity index is 1.66. The molecule has 0 aromatic carbocycles. The van der Waals surface area contributed by atoms with E-state index in [1.165, 1.54) is 30.6 Å². The van der Waals surface area contributed by atoms with Gasteiger partial charge in [0.1, 0.15) is 11.8 Å². The molecule has 0 radical (unpaired) electrons. The Kier molecular flexibility index (Phi) is 5.04. The Bertz CT molecular complexity index is 543. The molecule has 21 heavy (non-hydrogen) atoms. The third-order valence-corrected chi connectivity index (χ3v) is 5.75. The van der Waals surface area contributed by atoms with Crippen LogP contribution >= 0.6 is 22.9 Å². The van der Waals surface area contributed by atoms with Crippen molar-refractivity contribution in [1.29, 1.82) is 0 Å². The van der Waals surface area contributed by atoms with E-state index in [0.717, 1.165) is 28.5 Å². The molecular weight excluding hydrogens is 302 g/mol. The van der Waals surface area contributed by atoms with Crippen molar-refractivity contribution < 1.29 is 4.42 Å². The van der Waals surface area contributed by atoms with Crippen LogP contribution in [0.25, 0.3) is 0 Å². The molecule has 2 nitrogen and oxygen atoms in total. The van der Waals surface area contributed by atoms with Gasteiger partial charge >= 0.3 is 0 Å². The summed E-state index contributed by atoms with van der Waals surface area (Å²) >= 11 is 7.71. The summed E-state index contributed by atoms with van der Waals surface area (Å²) in [6.45, 7) is 3.41. The predicted molar refractivity (Wildman–Crippen MR) is 89.0 cm³/mol. The van der Waals surface area contributed by atoms with Crippen molar-refractivity contribution >= 4 is 22.9 Å². The van der Waals surface area contributed by atoms with Gasteiger partial charge in [0, 0.05) is 4.88 Å². The third kappa shape index (κ3) is 3.91. The lowest BCUT2D eigenvalue weighted by Gasteiger charge is -2.27. The van der Waals surface area contributed by atoms with Crippen LogP contribution in [0.4, 0.5) is 0 Å². The minimum Gasteiger partial charge on any atom is -0.467 e. The van der Waals surface area contributed by atoms with Gasteiger partial charge in [-0.15, -0.1) is 11.3 Å². The standard InChI is InChI=1S/C17H22ClNOS/c1-12-4-6-13(7-5-12)11-19-17(14-3-2-10-20-14)15-8-9-16(18)21-15/h2-3,8-10,12-13,17,19H,4-7,11H2,1H3. The molecule has 1 saturated carbocycles. The largest absolute Gasteiger partial charge is 0.467 e. The molecule has 2 aromatic heterocycles. The molecule has 1 unspecified atom stereocenters. The van der Waals surface area contributed by atoms with Gasteiger partial charge in [-0.3, -0.25) is 0 Å². The van der Waals surface area contributed by atoms with Crippen LogP contribution < -0.4 is 5.32 Å². The number of hydrogen-bond acceptors (Lipinski definition) is 3. The van der Waals surface area contributed by atoms with Crippen molar-refractivity contribution in [3.63, 3.8) is 0 Å². The SMILES string of the molecule is CC1CCC(CNC(c2ccco2)c2ccc(Cl)s2)CC1. The van der Waals surface area contributed by atoms with E-state index in [1.54, 1.807) is 17.6 Å². The van der Waals surface area contributed by atoms with Crippen LogP contribution in [0.1, 0.15) is 49.3 Å². The molecule has 0 aliphatic heterocycles. The smallest absolute Gasteiger partial charge is 0.126 e. The molecule has 1 N–H and O–H groups in total. The van der Waals surface area contributed by atoms with Crippen molar-refractivity contribution in [2.75, 3.05) is 6.54 Å². The van der Waals surface area contributed by atoms with Crippen LogP contribution in [-0.4, -0.2) is 6.54 Å². The summed E-state index contributed by atoms with van der Waals surface area (Å²) in [5.74, 6) is 2.66. The van der Waals surface area contributed by atoms with Gasteiger partial charge in [0.15, 0.2) is 0 Å². The Morgan fingerprint density at radius 1 is 1.29 bits per heavy atom. The summed E-state index contributed by atoms with van der Waals surface area (Å²) in [5.41, 5.74) is 0. The maximum atomic E-state index is 6.09. The monoisotopic (exact) mass is 323 g/mol. The van der Waals surface area contributed by atoms with Crippen LogP contribution in [0.3, 0.4) is 0 Å². The molecule has 2 aromatic rings. The summed E-state index contributed by atoms with van der Waals surface area (Å²) in [5, 5.41) is 3.69. The lowest BCUT2D eigenvalue weighted by Crippen LogP contribution is -2.29. The van der Waals surface area contributed by atoms with E-state index in [4.69, 9.17) is 16.0 Å². The van der Waals surface area contributed by atoms with Gasteiger partial charge in [0.2, 0.25) is 0 Å².